The van der Waals surface area contributed by atoms with Gasteiger partial charge in [0.2, 0.25) is 0 Å². The number of hydrogen-bond donors (Lipinski definition) is 1. The minimum atomic E-state index is -4.57. The molecule has 1 amide bonds. The van der Waals surface area contributed by atoms with E-state index in [9.17, 15) is 18.0 Å². The van der Waals surface area contributed by atoms with Crippen molar-refractivity contribution < 1.29 is 18.0 Å². The maximum absolute atomic E-state index is 13.2. The van der Waals surface area contributed by atoms with E-state index in [0.717, 1.165) is 17.0 Å². The number of carbonyl (C=O) groups is 1. The topological polar surface area (TPSA) is 72.7 Å². The maximum atomic E-state index is 13.2. The number of halogens is 3. The molecule has 6 nitrogen and oxygen atoms in total. The van der Waals surface area contributed by atoms with Crippen molar-refractivity contribution in [3.8, 4) is 5.69 Å². The number of carbonyl (C=O) groups excluding carboxylic acids is 1. The van der Waals surface area contributed by atoms with Crippen LogP contribution in [0.2, 0.25) is 0 Å². The molecular weight excluding hydrogens is 427 g/mol. The first-order valence-corrected chi connectivity index (χ1v) is 9.79. The van der Waals surface area contributed by atoms with E-state index in [1.807, 2.05) is 30.3 Å². The van der Waals surface area contributed by atoms with Crippen molar-refractivity contribution in [1.29, 1.82) is 0 Å². The van der Waals surface area contributed by atoms with E-state index in [1.165, 1.54) is 35.2 Å². The van der Waals surface area contributed by atoms with E-state index in [0.29, 0.717) is 5.03 Å². The summed E-state index contributed by atoms with van der Waals surface area (Å²) in [7, 11) is 0. The van der Waals surface area contributed by atoms with Gasteiger partial charge >= 0.3 is 6.18 Å². The van der Waals surface area contributed by atoms with Crippen LogP contribution in [0.3, 0.4) is 0 Å². The SMILES string of the molecule is O=C(Nc1cc(C(F)(F)F)ccc1-n1cncn1)c1cccnc1Sc1ccccc1. The molecule has 0 radical (unpaired) electrons. The Labute approximate surface area is 179 Å². The second kappa shape index (κ2) is 8.60. The summed E-state index contributed by atoms with van der Waals surface area (Å²) in [4.78, 5) is 22.0. The molecule has 0 saturated heterocycles. The Morgan fingerprint density at radius 1 is 1.03 bits per heavy atom. The first-order valence-electron chi connectivity index (χ1n) is 8.97. The van der Waals surface area contributed by atoms with Gasteiger partial charge in [-0.05, 0) is 42.5 Å². The predicted molar refractivity (Wildman–Crippen MR) is 109 cm³/mol. The van der Waals surface area contributed by atoms with Crippen molar-refractivity contribution in [3.05, 3.63) is 90.6 Å². The minimum absolute atomic E-state index is 0.0511. The Hall–Kier alpha value is -3.66. The summed E-state index contributed by atoms with van der Waals surface area (Å²) in [6.45, 7) is 0. The van der Waals surface area contributed by atoms with Crippen LogP contribution in [0.5, 0.6) is 0 Å². The number of alkyl halides is 3. The van der Waals surface area contributed by atoms with Gasteiger partial charge in [0.15, 0.2) is 0 Å². The Balaban J connectivity index is 1.69. The average molecular weight is 441 g/mol. The van der Waals surface area contributed by atoms with Gasteiger partial charge in [0, 0.05) is 11.1 Å². The van der Waals surface area contributed by atoms with Crippen molar-refractivity contribution in [1.82, 2.24) is 19.7 Å². The van der Waals surface area contributed by atoms with Gasteiger partial charge in [0.25, 0.3) is 5.91 Å². The Morgan fingerprint density at radius 3 is 2.55 bits per heavy atom. The molecule has 0 aliphatic carbocycles. The fraction of sp³-hybridized carbons (Fsp3) is 0.0476. The normalized spacial score (nSPS) is 11.3. The molecule has 0 saturated carbocycles. The van der Waals surface area contributed by atoms with Crippen molar-refractivity contribution in [2.24, 2.45) is 0 Å². The molecule has 10 heteroatoms. The summed E-state index contributed by atoms with van der Waals surface area (Å²) >= 11 is 1.28. The molecule has 4 rings (SSSR count). The number of pyridine rings is 1. The largest absolute Gasteiger partial charge is 0.416 e. The molecule has 0 aliphatic rings. The summed E-state index contributed by atoms with van der Waals surface area (Å²) in [6, 6.07) is 15.5. The van der Waals surface area contributed by atoms with Crippen LogP contribution in [0.1, 0.15) is 15.9 Å². The monoisotopic (exact) mass is 441 g/mol. The number of nitrogens with zero attached hydrogens (tertiary/aromatic N) is 4. The molecule has 0 spiro atoms. The zero-order chi connectivity index (χ0) is 21.8. The van der Waals surface area contributed by atoms with Crippen LogP contribution < -0.4 is 5.32 Å². The van der Waals surface area contributed by atoms with E-state index >= 15 is 0 Å². The molecule has 2 aromatic heterocycles. The molecule has 0 unspecified atom stereocenters. The third-order valence-corrected chi connectivity index (χ3v) is 5.24. The van der Waals surface area contributed by atoms with E-state index in [1.54, 1.807) is 18.3 Å². The smallest absolute Gasteiger partial charge is 0.320 e. The van der Waals surface area contributed by atoms with Gasteiger partial charge in [-0.1, -0.05) is 30.0 Å². The molecule has 156 valence electrons. The van der Waals surface area contributed by atoms with Crippen LogP contribution in [0, 0.1) is 0 Å². The molecule has 2 heterocycles. The molecule has 4 aromatic rings. The number of anilines is 1. The lowest BCUT2D eigenvalue weighted by Gasteiger charge is -2.15. The standard InChI is InChI=1S/C21H14F3N5OS/c22-21(23,24)14-8-9-18(29-13-25-12-27-29)17(11-14)28-19(30)16-7-4-10-26-20(16)31-15-5-2-1-3-6-15/h1-13H,(H,28,30). The van der Waals surface area contributed by atoms with E-state index in [4.69, 9.17) is 0 Å². The lowest BCUT2D eigenvalue weighted by molar-refractivity contribution is -0.137. The second-order valence-electron chi connectivity index (χ2n) is 6.30. The number of hydrogen-bond acceptors (Lipinski definition) is 5. The maximum Gasteiger partial charge on any atom is 0.416 e. The summed E-state index contributed by atoms with van der Waals surface area (Å²) in [5.74, 6) is -0.591. The average Bonchev–Trinajstić information content (AvgIpc) is 3.29. The zero-order valence-electron chi connectivity index (χ0n) is 15.7. The van der Waals surface area contributed by atoms with Crippen molar-refractivity contribution >= 4 is 23.4 Å². The summed E-state index contributed by atoms with van der Waals surface area (Å²) in [5, 5.41) is 6.95. The van der Waals surface area contributed by atoms with Gasteiger partial charge in [-0.2, -0.15) is 18.3 Å². The van der Waals surface area contributed by atoms with Gasteiger partial charge in [0.1, 0.15) is 17.7 Å². The van der Waals surface area contributed by atoms with Gasteiger partial charge in [-0.15, -0.1) is 0 Å². The summed E-state index contributed by atoms with van der Waals surface area (Å²) < 4.78 is 41.0. The highest BCUT2D eigenvalue weighted by atomic mass is 32.2. The third-order valence-electron chi connectivity index (χ3n) is 4.21. The molecule has 0 fully saturated rings. The van der Waals surface area contributed by atoms with Gasteiger partial charge in [-0.3, -0.25) is 4.79 Å². The Bertz CT molecular complexity index is 1200. The van der Waals surface area contributed by atoms with Crippen LogP contribution >= 0.6 is 11.8 Å². The molecule has 0 atom stereocenters. The highest BCUT2D eigenvalue weighted by Gasteiger charge is 2.31. The van der Waals surface area contributed by atoms with Gasteiger partial charge in [0.05, 0.1) is 22.5 Å². The molecule has 0 bridgehead atoms. The molecule has 31 heavy (non-hydrogen) atoms. The highest BCUT2D eigenvalue weighted by molar-refractivity contribution is 7.99. The molecule has 2 aromatic carbocycles. The minimum Gasteiger partial charge on any atom is -0.320 e. The molecule has 0 aliphatic heterocycles. The number of aromatic nitrogens is 4. The van der Waals surface area contributed by atoms with Gasteiger partial charge < -0.3 is 5.32 Å². The molecular formula is C21H14F3N5OS. The number of rotatable bonds is 5. The van der Waals surface area contributed by atoms with E-state index < -0.39 is 17.6 Å². The second-order valence-corrected chi connectivity index (χ2v) is 7.36. The lowest BCUT2D eigenvalue weighted by Crippen LogP contribution is -2.16. The number of nitrogens with one attached hydrogen (secondary N) is 1. The predicted octanol–water partition coefficient (Wildman–Crippen LogP) is 5.08. The van der Waals surface area contributed by atoms with Crippen molar-refractivity contribution in [3.63, 3.8) is 0 Å². The quantitative estimate of drug-likeness (QED) is 0.467. The van der Waals surface area contributed by atoms with E-state index in [2.05, 4.69) is 20.4 Å². The van der Waals surface area contributed by atoms with Crippen LogP contribution in [-0.4, -0.2) is 25.7 Å². The first kappa shape index (κ1) is 20.6. The fourth-order valence-electron chi connectivity index (χ4n) is 2.78. The van der Waals surface area contributed by atoms with Crippen LogP contribution in [0.25, 0.3) is 5.69 Å². The number of amides is 1. The van der Waals surface area contributed by atoms with E-state index in [-0.39, 0.29) is 16.9 Å². The number of benzene rings is 2. The van der Waals surface area contributed by atoms with Crippen LogP contribution in [-0.2, 0) is 6.18 Å². The fourth-order valence-corrected chi connectivity index (χ4v) is 3.68. The summed E-state index contributed by atoms with van der Waals surface area (Å²) in [6.07, 6.45) is -0.436. The first-order chi connectivity index (χ1) is 14.9. The van der Waals surface area contributed by atoms with Crippen molar-refractivity contribution in [2.75, 3.05) is 5.32 Å². The third kappa shape index (κ3) is 4.75. The Morgan fingerprint density at radius 2 is 1.84 bits per heavy atom. The lowest BCUT2D eigenvalue weighted by atomic mass is 10.1. The molecule has 1 N–H and O–H groups in total. The van der Waals surface area contributed by atoms with Crippen LogP contribution in [0.4, 0.5) is 18.9 Å². The summed E-state index contributed by atoms with van der Waals surface area (Å²) in [5.41, 5.74) is -0.458. The Kier molecular flexibility index (Phi) is 5.72. The van der Waals surface area contributed by atoms with Crippen molar-refractivity contribution in [2.45, 2.75) is 16.1 Å². The van der Waals surface area contributed by atoms with Crippen LogP contribution in [0.15, 0.2) is 89.4 Å². The van der Waals surface area contributed by atoms with Gasteiger partial charge in [-0.25, -0.2) is 14.6 Å². The highest BCUT2D eigenvalue weighted by Crippen LogP contribution is 2.34. The zero-order valence-corrected chi connectivity index (χ0v) is 16.6.